The molecule has 2 rings (SSSR count). The van der Waals surface area contributed by atoms with Gasteiger partial charge in [0.05, 0.1) is 11.5 Å². The molecule has 0 amide bonds. The average molecular weight is 258 g/mol. The van der Waals surface area contributed by atoms with Gasteiger partial charge in [-0.15, -0.1) is 0 Å². The molecule has 0 aromatic heterocycles. The summed E-state index contributed by atoms with van der Waals surface area (Å²) in [4.78, 5) is 12.2. The second-order valence-electron chi connectivity index (χ2n) is 5.63. The van der Waals surface area contributed by atoms with E-state index in [9.17, 15) is 13.2 Å². The Morgan fingerprint density at radius 1 is 1.06 bits per heavy atom. The van der Waals surface area contributed by atoms with Crippen LogP contribution in [0.5, 0.6) is 0 Å². The smallest absolute Gasteiger partial charge is 0.151 e. The molecule has 0 radical (unpaired) electrons. The zero-order chi connectivity index (χ0) is 12.5. The van der Waals surface area contributed by atoms with Crippen molar-refractivity contribution >= 4 is 15.6 Å². The van der Waals surface area contributed by atoms with Gasteiger partial charge in [0.2, 0.25) is 0 Å². The monoisotopic (exact) mass is 258 g/mol. The van der Waals surface area contributed by atoms with Crippen molar-refractivity contribution in [2.45, 2.75) is 45.4 Å². The highest BCUT2D eigenvalue weighted by atomic mass is 32.2. The van der Waals surface area contributed by atoms with Crippen molar-refractivity contribution in [3.05, 3.63) is 0 Å². The van der Waals surface area contributed by atoms with Gasteiger partial charge < -0.3 is 0 Å². The third-order valence-corrected chi connectivity index (χ3v) is 6.23. The van der Waals surface area contributed by atoms with E-state index >= 15 is 0 Å². The Hall–Kier alpha value is -0.380. The van der Waals surface area contributed by atoms with E-state index in [1.807, 2.05) is 0 Å². The highest BCUT2D eigenvalue weighted by Gasteiger charge is 2.37. The molecule has 1 aliphatic heterocycles. The minimum Gasteiger partial charge on any atom is -0.299 e. The second-order valence-corrected chi connectivity index (χ2v) is 7.86. The molecule has 1 saturated heterocycles. The number of carbonyl (C=O) groups is 1. The standard InChI is InChI=1S/C13H22O3S/c1-2-10-3-5-11(6-4-10)13(14)12-7-8-17(15,16)9-12/h10-12H,2-9H2,1H3. The van der Waals surface area contributed by atoms with Gasteiger partial charge in [-0.1, -0.05) is 13.3 Å². The fourth-order valence-electron chi connectivity index (χ4n) is 3.21. The van der Waals surface area contributed by atoms with Crippen molar-refractivity contribution in [3.8, 4) is 0 Å². The van der Waals surface area contributed by atoms with E-state index in [-0.39, 0.29) is 29.1 Å². The van der Waals surface area contributed by atoms with Crippen molar-refractivity contribution < 1.29 is 13.2 Å². The van der Waals surface area contributed by atoms with Crippen LogP contribution in [0.1, 0.15) is 45.4 Å². The highest BCUT2D eigenvalue weighted by Crippen LogP contribution is 2.34. The first-order chi connectivity index (χ1) is 8.02. The summed E-state index contributed by atoms with van der Waals surface area (Å²) in [6.45, 7) is 2.20. The van der Waals surface area contributed by atoms with Crippen molar-refractivity contribution in [2.75, 3.05) is 11.5 Å². The molecule has 0 spiro atoms. The summed E-state index contributed by atoms with van der Waals surface area (Å²) in [7, 11) is -2.92. The zero-order valence-electron chi connectivity index (χ0n) is 10.5. The van der Waals surface area contributed by atoms with E-state index in [4.69, 9.17) is 0 Å². The van der Waals surface area contributed by atoms with Gasteiger partial charge in [0, 0.05) is 11.8 Å². The number of hydrogen-bond acceptors (Lipinski definition) is 3. The van der Waals surface area contributed by atoms with E-state index in [0.29, 0.717) is 6.42 Å². The maximum absolute atomic E-state index is 12.2. The van der Waals surface area contributed by atoms with E-state index in [2.05, 4.69) is 6.92 Å². The van der Waals surface area contributed by atoms with Crippen LogP contribution in [0.3, 0.4) is 0 Å². The summed E-state index contributed by atoms with van der Waals surface area (Å²) in [5.74, 6) is 1.30. The minimum atomic E-state index is -2.92. The van der Waals surface area contributed by atoms with Crippen LogP contribution in [0.4, 0.5) is 0 Å². The Balaban J connectivity index is 1.89. The lowest BCUT2D eigenvalue weighted by atomic mass is 9.76. The highest BCUT2D eigenvalue weighted by molar-refractivity contribution is 7.91. The Kier molecular flexibility index (Phi) is 3.91. The van der Waals surface area contributed by atoms with Crippen molar-refractivity contribution in [3.63, 3.8) is 0 Å². The topological polar surface area (TPSA) is 51.2 Å². The molecule has 17 heavy (non-hydrogen) atoms. The van der Waals surface area contributed by atoms with Gasteiger partial charge in [-0.05, 0) is 38.0 Å². The van der Waals surface area contributed by atoms with Crippen LogP contribution in [0.2, 0.25) is 0 Å². The van der Waals surface area contributed by atoms with E-state index < -0.39 is 9.84 Å². The lowest BCUT2D eigenvalue weighted by molar-refractivity contribution is -0.127. The van der Waals surface area contributed by atoms with Gasteiger partial charge in [0.15, 0.2) is 9.84 Å². The Bertz CT molecular complexity index is 377. The molecule has 0 bridgehead atoms. The summed E-state index contributed by atoms with van der Waals surface area (Å²) in [6, 6.07) is 0. The largest absolute Gasteiger partial charge is 0.299 e. The predicted octanol–water partition coefficient (Wildman–Crippen LogP) is 2.21. The van der Waals surface area contributed by atoms with E-state index in [0.717, 1.165) is 31.6 Å². The Morgan fingerprint density at radius 3 is 2.18 bits per heavy atom. The number of sulfone groups is 1. The van der Waals surface area contributed by atoms with Crippen LogP contribution in [0.15, 0.2) is 0 Å². The van der Waals surface area contributed by atoms with Gasteiger partial charge >= 0.3 is 0 Å². The van der Waals surface area contributed by atoms with Crippen LogP contribution in [0.25, 0.3) is 0 Å². The van der Waals surface area contributed by atoms with Crippen LogP contribution in [-0.4, -0.2) is 25.7 Å². The van der Waals surface area contributed by atoms with Gasteiger partial charge in [0.25, 0.3) is 0 Å². The lowest BCUT2D eigenvalue weighted by Gasteiger charge is -2.28. The summed E-state index contributed by atoms with van der Waals surface area (Å²) in [5, 5.41) is 0. The number of Topliss-reactive ketones (excluding diaryl/α,β-unsaturated/α-hetero) is 1. The molecule has 1 aliphatic carbocycles. The molecule has 0 aromatic carbocycles. The Labute approximate surface area is 104 Å². The third-order valence-electron chi connectivity index (χ3n) is 4.46. The fraction of sp³-hybridized carbons (Fsp3) is 0.923. The van der Waals surface area contributed by atoms with Gasteiger partial charge in [-0.25, -0.2) is 8.42 Å². The van der Waals surface area contributed by atoms with Crippen LogP contribution in [-0.2, 0) is 14.6 Å². The summed E-state index contributed by atoms with van der Waals surface area (Å²) >= 11 is 0. The maximum atomic E-state index is 12.2. The first-order valence-corrected chi connectivity index (χ1v) is 8.58. The van der Waals surface area contributed by atoms with E-state index in [1.54, 1.807) is 0 Å². The molecule has 0 aromatic rings. The van der Waals surface area contributed by atoms with Gasteiger partial charge in [0.1, 0.15) is 5.78 Å². The summed E-state index contributed by atoms with van der Waals surface area (Å²) in [6.07, 6.45) is 6.02. The average Bonchev–Trinajstić information content (AvgIpc) is 2.69. The summed E-state index contributed by atoms with van der Waals surface area (Å²) in [5.41, 5.74) is 0. The van der Waals surface area contributed by atoms with Crippen molar-refractivity contribution in [2.24, 2.45) is 17.8 Å². The number of ketones is 1. The molecular weight excluding hydrogens is 236 g/mol. The number of hydrogen-bond donors (Lipinski definition) is 0. The molecule has 3 nitrogen and oxygen atoms in total. The molecule has 2 fully saturated rings. The van der Waals surface area contributed by atoms with Crippen LogP contribution >= 0.6 is 0 Å². The Morgan fingerprint density at radius 2 is 1.71 bits per heavy atom. The van der Waals surface area contributed by atoms with Crippen molar-refractivity contribution in [1.82, 2.24) is 0 Å². The zero-order valence-corrected chi connectivity index (χ0v) is 11.3. The molecule has 98 valence electrons. The second kappa shape index (κ2) is 5.09. The number of carbonyl (C=O) groups excluding carboxylic acids is 1. The number of rotatable bonds is 3. The van der Waals surface area contributed by atoms with E-state index in [1.165, 1.54) is 6.42 Å². The molecule has 0 N–H and O–H groups in total. The lowest BCUT2D eigenvalue weighted by Crippen LogP contribution is -2.28. The first-order valence-electron chi connectivity index (χ1n) is 6.76. The molecule has 1 unspecified atom stereocenters. The first kappa shape index (κ1) is 13.1. The van der Waals surface area contributed by atoms with Gasteiger partial charge in [-0.3, -0.25) is 4.79 Å². The quantitative estimate of drug-likeness (QED) is 0.780. The van der Waals surface area contributed by atoms with Crippen molar-refractivity contribution in [1.29, 1.82) is 0 Å². The molecule has 4 heteroatoms. The molecular formula is C13H22O3S. The third kappa shape index (κ3) is 3.09. The van der Waals surface area contributed by atoms with Crippen LogP contribution in [0, 0.1) is 17.8 Å². The van der Waals surface area contributed by atoms with Crippen LogP contribution < -0.4 is 0 Å². The summed E-state index contributed by atoms with van der Waals surface area (Å²) < 4.78 is 22.7. The SMILES string of the molecule is CCC1CCC(C(=O)C2CCS(=O)(=O)C2)CC1. The molecule has 1 saturated carbocycles. The normalized spacial score (nSPS) is 36.9. The molecule has 1 atom stereocenters. The van der Waals surface area contributed by atoms with Gasteiger partial charge in [-0.2, -0.15) is 0 Å². The maximum Gasteiger partial charge on any atom is 0.151 e. The minimum absolute atomic E-state index is 0.111. The fourth-order valence-corrected chi connectivity index (χ4v) is 4.96. The molecule has 2 aliphatic rings. The molecule has 1 heterocycles. The predicted molar refractivity (Wildman–Crippen MR) is 67.5 cm³/mol.